The van der Waals surface area contributed by atoms with Gasteiger partial charge < -0.3 is 4.74 Å². The fraction of sp³-hybridized carbons (Fsp3) is 0.115. The van der Waals surface area contributed by atoms with Gasteiger partial charge in [-0.2, -0.15) is 0 Å². The summed E-state index contributed by atoms with van der Waals surface area (Å²) >= 11 is 1.43. The zero-order valence-electron chi connectivity index (χ0n) is 17.8. The second-order valence-corrected chi connectivity index (χ2v) is 8.52. The first-order valence-electron chi connectivity index (χ1n) is 10.6. The number of amidine groups is 1. The predicted molar refractivity (Wildman–Crippen MR) is 131 cm³/mol. The van der Waals surface area contributed by atoms with Crippen molar-refractivity contribution < 1.29 is 9.53 Å². The van der Waals surface area contributed by atoms with Crippen LogP contribution in [-0.4, -0.2) is 21.8 Å². The van der Waals surface area contributed by atoms with Crippen LogP contribution in [0.2, 0.25) is 0 Å². The van der Waals surface area contributed by atoms with Gasteiger partial charge in [-0.15, -0.1) is 11.7 Å². The Morgan fingerprint density at radius 1 is 1.03 bits per heavy atom. The molecule has 33 heavy (non-hydrogen) atoms. The van der Waals surface area contributed by atoms with E-state index >= 15 is 0 Å². The highest BCUT2D eigenvalue weighted by Gasteiger charge is 2.34. The van der Waals surface area contributed by atoms with Gasteiger partial charge in [0, 0.05) is 11.0 Å². The van der Waals surface area contributed by atoms with Crippen LogP contribution >= 0.6 is 11.8 Å². The highest BCUT2D eigenvalue weighted by Crippen LogP contribution is 2.31. The standard InChI is InChI=1S/C26H22N4O2S/c1-2-16-33-26-28-25(31)23-21-10-6-7-11-22(21)27-24(30(23)29-26)19-12-14-20(15-13-19)32-17-18-8-4-3-5-9-18/h2-15,24H,1,16-17H2,(H,28,29,31). The first-order valence-corrected chi connectivity index (χ1v) is 11.6. The van der Waals surface area contributed by atoms with E-state index in [1.807, 2.05) is 78.9 Å². The molecule has 164 valence electrons. The number of hydrogen-bond acceptors (Lipinski definition) is 6. The molecule has 0 radical (unpaired) electrons. The topological polar surface area (TPSA) is 66.3 Å². The van der Waals surface area contributed by atoms with Gasteiger partial charge in [0.1, 0.15) is 18.1 Å². The Bertz CT molecular complexity index is 1340. The van der Waals surface area contributed by atoms with E-state index < -0.39 is 6.17 Å². The van der Waals surface area contributed by atoms with Crippen molar-refractivity contribution in [3.05, 3.63) is 113 Å². The van der Waals surface area contributed by atoms with Gasteiger partial charge >= 0.3 is 0 Å². The fourth-order valence-electron chi connectivity index (χ4n) is 3.72. The maximum absolute atomic E-state index is 13.0. The summed E-state index contributed by atoms with van der Waals surface area (Å²) in [6.07, 6.45) is 1.32. The van der Waals surface area contributed by atoms with Crippen molar-refractivity contribution in [1.82, 2.24) is 10.3 Å². The number of amides is 1. The molecule has 0 spiro atoms. The van der Waals surface area contributed by atoms with Crippen LogP contribution in [0.1, 0.15) is 17.3 Å². The molecule has 7 heteroatoms. The number of thioether (sulfide) groups is 1. The van der Waals surface area contributed by atoms with Crippen LogP contribution in [0, 0.1) is 0 Å². The quantitative estimate of drug-likeness (QED) is 0.581. The van der Waals surface area contributed by atoms with Gasteiger partial charge in [0.15, 0.2) is 11.3 Å². The van der Waals surface area contributed by atoms with Gasteiger partial charge in [-0.1, -0.05) is 78.5 Å². The van der Waals surface area contributed by atoms with Crippen molar-refractivity contribution in [3.8, 4) is 5.75 Å². The third kappa shape index (κ3) is 4.40. The van der Waals surface area contributed by atoms with Crippen LogP contribution in [-0.2, 0) is 11.4 Å². The minimum Gasteiger partial charge on any atom is -0.489 e. The van der Waals surface area contributed by atoms with Crippen LogP contribution in [0.3, 0.4) is 0 Å². The summed E-state index contributed by atoms with van der Waals surface area (Å²) in [6, 6.07) is 25.5. The molecule has 0 fully saturated rings. The summed E-state index contributed by atoms with van der Waals surface area (Å²) < 4.78 is 5.92. The molecule has 5 rings (SSSR count). The van der Waals surface area contributed by atoms with E-state index in [1.165, 1.54) is 11.8 Å². The largest absolute Gasteiger partial charge is 0.489 e. The maximum atomic E-state index is 13.0. The smallest absolute Gasteiger partial charge is 0.276 e. The van der Waals surface area contributed by atoms with Crippen molar-refractivity contribution in [2.75, 3.05) is 5.75 Å². The summed E-state index contributed by atoms with van der Waals surface area (Å²) in [6.45, 7) is 4.24. The van der Waals surface area contributed by atoms with E-state index in [0.29, 0.717) is 23.2 Å². The first kappa shape index (κ1) is 21.0. The molecular formula is C26H22N4O2S. The van der Waals surface area contributed by atoms with Crippen molar-refractivity contribution in [2.45, 2.75) is 12.8 Å². The van der Waals surface area contributed by atoms with Gasteiger partial charge in [0.2, 0.25) is 0 Å². The highest BCUT2D eigenvalue weighted by molar-refractivity contribution is 8.14. The molecule has 0 saturated heterocycles. The molecule has 1 N–H and O–H groups in total. The second kappa shape index (κ2) is 9.34. The van der Waals surface area contributed by atoms with Crippen LogP contribution in [0.5, 0.6) is 5.75 Å². The minimum atomic E-state index is -0.455. The van der Waals surface area contributed by atoms with Crippen molar-refractivity contribution >= 4 is 28.5 Å². The van der Waals surface area contributed by atoms with E-state index in [9.17, 15) is 4.79 Å². The lowest BCUT2D eigenvalue weighted by atomic mass is 10.1. The van der Waals surface area contributed by atoms with E-state index in [-0.39, 0.29) is 5.91 Å². The molecule has 2 aliphatic rings. The van der Waals surface area contributed by atoms with Gasteiger partial charge in [0.25, 0.3) is 5.91 Å². The molecule has 6 nitrogen and oxygen atoms in total. The average Bonchev–Trinajstić information content (AvgIpc) is 2.86. The van der Waals surface area contributed by atoms with Crippen LogP contribution in [0.4, 0.5) is 0 Å². The van der Waals surface area contributed by atoms with Crippen LogP contribution in [0.15, 0.2) is 102 Å². The third-order valence-electron chi connectivity index (χ3n) is 5.28. The molecule has 0 bridgehead atoms. The molecule has 3 aromatic carbocycles. The molecule has 1 atom stereocenters. The lowest BCUT2D eigenvalue weighted by Gasteiger charge is -2.34. The lowest BCUT2D eigenvalue weighted by Crippen LogP contribution is -2.50. The number of rotatable bonds is 6. The number of nitrogens with zero attached hydrogens (tertiary/aromatic N) is 3. The summed E-state index contributed by atoms with van der Waals surface area (Å²) in [7, 11) is 0. The van der Waals surface area contributed by atoms with E-state index in [2.05, 4.69) is 11.9 Å². The van der Waals surface area contributed by atoms with Crippen molar-refractivity contribution in [2.24, 2.45) is 10.1 Å². The Labute approximate surface area is 196 Å². The van der Waals surface area contributed by atoms with Gasteiger partial charge in [0.05, 0.1) is 5.36 Å². The average molecular weight is 455 g/mol. The Hall–Kier alpha value is -3.84. The Morgan fingerprint density at radius 3 is 2.58 bits per heavy atom. The van der Waals surface area contributed by atoms with Gasteiger partial charge in [-0.05, 0) is 29.3 Å². The van der Waals surface area contributed by atoms with Gasteiger partial charge in [-0.25, -0.2) is 5.01 Å². The molecule has 0 aliphatic carbocycles. The third-order valence-corrected chi connectivity index (χ3v) is 6.14. The number of carbonyl (C=O) groups excluding carboxylic acids is 1. The minimum absolute atomic E-state index is 0.188. The van der Waals surface area contributed by atoms with Crippen molar-refractivity contribution in [3.63, 3.8) is 0 Å². The normalized spacial score (nSPS) is 16.7. The van der Waals surface area contributed by atoms with Crippen LogP contribution < -0.4 is 20.6 Å². The number of benzene rings is 3. The molecule has 2 heterocycles. The van der Waals surface area contributed by atoms with E-state index in [1.54, 1.807) is 11.1 Å². The highest BCUT2D eigenvalue weighted by atomic mass is 32.2. The van der Waals surface area contributed by atoms with E-state index in [0.717, 1.165) is 27.5 Å². The number of nitrogens with one attached hydrogen (secondary N) is 1. The number of carbonyl (C=O) groups is 1. The summed E-state index contributed by atoms with van der Waals surface area (Å²) in [5, 5.41) is 11.4. The molecular weight excluding hydrogens is 432 g/mol. The zero-order valence-corrected chi connectivity index (χ0v) is 18.7. The van der Waals surface area contributed by atoms with E-state index in [4.69, 9.17) is 14.8 Å². The maximum Gasteiger partial charge on any atom is 0.276 e. The molecule has 0 saturated carbocycles. The summed E-state index contributed by atoms with van der Waals surface area (Å²) in [4.78, 5) is 18.0. The number of ether oxygens (including phenoxy) is 1. The Morgan fingerprint density at radius 2 is 1.79 bits per heavy atom. The molecule has 0 aromatic heterocycles. The Balaban J connectivity index is 1.47. The molecule has 2 aliphatic heterocycles. The summed E-state index contributed by atoms with van der Waals surface area (Å²) in [5.74, 6) is 1.23. The summed E-state index contributed by atoms with van der Waals surface area (Å²) in [5.41, 5.74) is 2.52. The zero-order chi connectivity index (χ0) is 22.6. The van der Waals surface area contributed by atoms with Gasteiger partial charge in [-0.3, -0.25) is 15.1 Å². The molecule has 1 amide bonds. The monoisotopic (exact) mass is 454 g/mol. The Kier molecular flexibility index (Phi) is 5.95. The number of fused-ring (bicyclic) bond motifs is 2. The number of hydrazone groups is 1. The fourth-order valence-corrected chi connectivity index (χ4v) is 4.31. The van der Waals surface area contributed by atoms with Crippen LogP contribution in [0.25, 0.3) is 5.70 Å². The number of hydrogen-bond donors (Lipinski definition) is 1. The first-order chi connectivity index (χ1) is 16.2. The predicted octanol–water partition coefficient (Wildman–Crippen LogP) is 3.33. The SMILES string of the molecule is C=CCSC1=NN2C(=c3ccccc3=NC2c2ccc(OCc3ccccc3)cc2)C(=O)N1. The molecule has 3 aromatic rings. The second-order valence-electron chi connectivity index (χ2n) is 7.52. The molecule has 1 unspecified atom stereocenters. The number of para-hydroxylation sites is 1. The lowest BCUT2D eigenvalue weighted by molar-refractivity contribution is -0.116. The van der Waals surface area contributed by atoms with Crippen molar-refractivity contribution in [1.29, 1.82) is 0 Å².